The van der Waals surface area contributed by atoms with Crippen LogP contribution in [0.15, 0.2) is 81.2 Å². The summed E-state index contributed by atoms with van der Waals surface area (Å²) in [5.74, 6) is -1.46. The zero-order valence-electron chi connectivity index (χ0n) is 21.8. The molecule has 9 heteroatoms. The number of aromatic nitrogens is 1. The Morgan fingerprint density at radius 3 is 2.55 bits per heavy atom. The van der Waals surface area contributed by atoms with E-state index in [0.29, 0.717) is 12.5 Å². The molecule has 7 nitrogen and oxygen atoms in total. The summed E-state index contributed by atoms with van der Waals surface area (Å²) in [4.78, 5) is 20.0. The predicted octanol–water partition coefficient (Wildman–Crippen LogP) is 4.81. The van der Waals surface area contributed by atoms with Crippen molar-refractivity contribution in [3.63, 3.8) is 0 Å². The van der Waals surface area contributed by atoms with E-state index in [1.54, 1.807) is 30.5 Å². The van der Waals surface area contributed by atoms with Gasteiger partial charge < -0.3 is 15.5 Å². The fourth-order valence-electron chi connectivity index (χ4n) is 4.45. The van der Waals surface area contributed by atoms with Crippen molar-refractivity contribution in [3.8, 4) is 0 Å². The summed E-state index contributed by atoms with van der Waals surface area (Å²) in [6.45, 7) is 12.3. The summed E-state index contributed by atoms with van der Waals surface area (Å²) in [6, 6.07) is 7.74. The third kappa shape index (κ3) is 6.77. The lowest BCUT2D eigenvalue weighted by Gasteiger charge is -2.32. The topological polar surface area (TPSA) is 77.3 Å². The van der Waals surface area contributed by atoms with Crippen LogP contribution < -0.4 is 10.6 Å². The summed E-state index contributed by atoms with van der Waals surface area (Å²) < 4.78 is 29.4. The lowest BCUT2D eigenvalue weighted by Crippen LogP contribution is -2.47. The lowest BCUT2D eigenvalue weighted by atomic mass is 10.0. The van der Waals surface area contributed by atoms with E-state index in [1.807, 2.05) is 19.2 Å². The van der Waals surface area contributed by atoms with Crippen LogP contribution in [0.1, 0.15) is 42.4 Å². The van der Waals surface area contributed by atoms with Crippen LogP contribution in [0, 0.1) is 0 Å². The van der Waals surface area contributed by atoms with Gasteiger partial charge in [-0.3, -0.25) is 15.0 Å². The van der Waals surface area contributed by atoms with Gasteiger partial charge in [0.2, 0.25) is 0 Å². The molecule has 200 valence electrons. The number of hydrogen-bond acceptors (Lipinski definition) is 6. The van der Waals surface area contributed by atoms with Crippen molar-refractivity contribution >= 4 is 25.0 Å². The average Bonchev–Trinajstić information content (AvgIpc) is 3.81. The number of halogens is 2. The Labute approximate surface area is 223 Å². The van der Waals surface area contributed by atoms with Gasteiger partial charge in [0.25, 0.3) is 5.92 Å². The molecule has 2 aromatic rings. The van der Waals surface area contributed by atoms with Gasteiger partial charge in [0.1, 0.15) is 11.7 Å². The van der Waals surface area contributed by atoms with Crippen molar-refractivity contribution in [3.05, 3.63) is 83.0 Å². The largest absolute Gasteiger partial charge is 0.364 e. The van der Waals surface area contributed by atoms with E-state index in [9.17, 15) is 8.78 Å². The minimum atomic E-state index is -3.05. The molecule has 1 aromatic heterocycles. The molecule has 1 saturated heterocycles. The van der Waals surface area contributed by atoms with Crippen molar-refractivity contribution in [2.45, 2.75) is 31.6 Å². The normalized spacial score (nSPS) is 17.3. The van der Waals surface area contributed by atoms with E-state index < -0.39 is 12.5 Å². The molecule has 0 unspecified atom stereocenters. The molecule has 0 amide bonds. The highest BCUT2D eigenvalue weighted by molar-refractivity contribution is 6.04. The van der Waals surface area contributed by atoms with Gasteiger partial charge in [-0.15, -0.1) is 0 Å². The third-order valence-corrected chi connectivity index (χ3v) is 6.75. The van der Waals surface area contributed by atoms with E-state index in [4.69, 9.17) is 4.99 Å². The minimum absolute atomic E-state index is 0.0529. The van der Waals surface area contributed by atoms with Gasteiger partial charge in [-0.25, -0.2) is 4.99 Å². The first-order chi connectivity index (χ1) is 18.5. The number of pyridine rings is 1. The molecule has 1 aliphatic carbocycles. The Hall–Kier alpha value is -3.72. The second-order valence-corrected chi connectivity index (χ2v) is 9.41. The summed E-state index contributed by atoms with van der Waals surface area (Å²) in [5, 5.41) is 6.14. The summed E-state index contributed by atoms with van der Waals surface area (Å²) in [6.07, 6.45) is 9.53. The van der Waals surface area contributed by atoms with Crippen LogP contribution in [-0.2, 0) is 5.92 Å². The van der Waals surface area contributed by atoms with Crippen LogP contribution in [0.5, 0.6) is 0 Å². The zero-order valence-corrected chi connectivity index (χ0v) is 21.8. The smallest absolute Gasteiger partial charge is 0.290 e. The van der Waals surface area contributed by atoms with Crippen LogP contribution in [0.25, 0.3) is 0 Å². The highest BCUT2D eigenvalue weighted by Gasteiger charge is 2.32. The SMILES string of the molecule is C=N/C(=C\C(=C/C)CN=C(c1c(N=C)cncc1C1CC1)N1CCNCC1)NCC(F)(F)c1ccccc1. The van der Waals surface area contributed by atoms with E-state index in [1.165, 1.54) is 12.1 Å². The number of rotatable bonds is 11. The quantitative estimate of drug-likeness (QED) is 0.254. The predicted molar refractivity (Wildman–Crippen MR) is 151 cm³/mol. The van der Waals surface area contributed by atoms with Crippen molar-refractivity contribution in [1.29, 1.82) is 0 Å². The molecule has 0 bridgehead atoms. The number of nitrogens with one attached hydrogen (secondary N) is 2. The van der Waals surface area contributed by atoms with Gasteiger partial charge in [0.15, 0.2) is 0 Å². The van der Waals surface area contributed by atoms with Gasteiger partial charge in [0, 0.05) is 43.5 Å². The fourth-order valence-corrected chi connectivity index (χ4v) is 4.45. The number of hydrogen-bond donors (Lipinski definition) is 2. The molecule has 2 fully saturated rings. The van der Waals surface area contributed by atoms with Gasteiger partial charge >= 0.3 is 0 Å². The molecule has 1 aromatic carbocycles. The number of aliphatic imine (C=N–C) groups is 3. The fraction of sp³-hybridized carbons (Fsp3) is 0.379. The Balaban J connectivity index is 1.58. The first-order valence-electron chi connectivity index (χ1n) is 12.9. The van der Waals surface area contributed by atoms with Crippen molar-refractivity contribution in [2.24, 2.45) is 15.0 Å². The highest BCUT2D eigenvalue weighted by Crippen LogP contribution is 2.43. The number of benzene rings is 1. The summed E-state index contributed by atoms with van der Waals surface area (Å²) in [5.41, 5.74) is 3.64. The average molecular weight is 520 g/mol. The van der Waals surface area contributed by atoms with Crippen LogP contribution in [0.2, 0.25) is 0 Å². The minimum Gasteiger partial charge on any atom is -0.364 e. The number of piperazine rings is 1. The number of alkyl halides is 2. The van der Waals surface area contributed by atoms with E-state index in [-0.39, 0.29) is 11.4 Å². The lowest BCUT2D eigenvalue weighted by molar-refractivity contribution is -0.000849. The molecule has 0 atom stereocenters. The first-order valence-corrected chi connectivity index (χ1v) is 12.9. The maximum absolute atomic E-state index is 14.7. The molecular weight excluding hydrogens is 484 g/mol. The monoisotopic (exact) mass is 519 g/mol. The van der Waals surface area contributed by atoms with Gasteiger partial charge in [-0.1, -0.05) is 36.4 Å². The van der Waals surface area contributed by atoms with Gasteiger partial charge in [0.05, 0.1) is 25.0 Å². The number of amidine groups is 1. The number of nitrogens with zero attached hydrogens (tertiary/aromatic N) is 5. The standard InChI is InChI=1S/C29H35F2N7/c1-4-21(16-26(33-3)37-20-29(30,31)23-8-6-5-7-9-23)17-36-28(38-14-12-34-13-15-38)27-24(22-10-11-22)18-35-19-25(27)32-2/h4-9,16,18-19,22,34,37H,2-3,10-15,17,20H2,1H3/b21-4+,26-16+,36-28?. The maximum Gasteiger partial charge on any atom is 0.290 e. The van der Waals surface area contributed by atoms with Crippen LogP contribution in [0.4, 0.5) is 14.5 Å². The Morgan fingerprint density at radius 1 is 1.18 bits per heavy atom. The second-order valence-electron chi connectivity index (χ2n) is 9.41. The van der Waals surface area contributed by atoms with E-state index in [0.717, 1.165) is 67.2 Å². The third-order valence-electron chi connectivity index (χ3n) is 6.75. The van der Waals surface area contributed by atoms with Gasteiger partial charge in [-0.2, -0.15) is 8.78 Å². The van der Waals surface area contributed by atoms with Crippen LogP contribution in [-0.4, -0.2) is 68.4 Å². The van der Waals surface area contributed by atoms with E-state index in [2.05, 4.69) is 43.9 Å². The number of allylic oxidation sites excluding steroid dienone is 1. The van der Waals surface area contributed by atoms with Crippen LogP contribution >= 0.6 is 0 Å². The molecule has 1 aliphatic heterocycles. The Kier molecular flexibility index (Phi) is 9.12. The summed E-state index contributed by atoms with van der Waals surface area (Å²) in [7, 11) is 0. The van der Waals surface area contributed by atoms with Crippen molar-refractivity contribution in [2.75, 3.05) is 39.3 Å². The molecule has 2 aliphatic rings. The molecule has 0 radical (unpaired) electrons. The molecular formula is C29H35F2N7. The maximum atomic E-state index is 14.7. The molecule has 0 spiro atoms. The van der Waals surface area contributed by atoms with Gasteiger partial charge in [-0.05, 0) is 56.3 Å². The second kappa shape index (κ2) is 12.7. The van der Waals surface area contributed by atoms with E-state index >= 15 is 0 Å². The molecule has 4 rings (SSSR count). The molecule has 38 heavy (non-hydrogen) atoms. The van der Waals surface area contributed by atoms with Crippen LogP contribution in [0.3, 0.4) is 0 Å². The Bertz CT molecular complexity index is 1210. The molecule has 2 heterocycles. The Morgan fingerprint density at radius 2 is 1.92 bits per heavy atom. The highest BCUT2D eigenvalue weighted by atomic mass is 19.3. The van der Waals surface area contributed by atoms with Crippen molar-refractivity contribution in [1.82, 2.24) is 20.5 Å². The first kappa shape index (κ1) is 27.3. The zero-order chi connectivity index (χ0) is 27.0. The molecule has 2 N–H and O–H groups in total. The molecule has 1 saturated carbocycles. The summed E-state index contributed by atoms with van der Waals surface area (Å²) >= 11 is 0. The van der Waals surface area contributed by atoms with Crippen molar-refractivity contribution < 1.29 is 8.78 Å².